The molecule has 6 rings (SSSR count). The van der Waals surface area contributed by atoms with Gasteiger partial charge < -0.3 is 25.6 Å². The van der Waals surface area contributed by atoms with Gasteiger partial charge in [-0.1, -0.05) is 36.4 Å². The SMILES string of the molecule is CN1CCN(c2cccc(-c3ccc(CO[C@H]4CCC[C@@H]4NC(=O)c4cc(-c5cnn(C)c5)cnc4N)cc3)c2)CC1. The van der Waals surface area contributed by atoms with Gasteiger partial charge in [0.15, 0.2) is 0 Å². The average molecular weight is 566 g/mol. The lowest BCUT2D eigenvalue weighted by molar-refractivity contribution is 0.0272. The van der Waals surface area contributed by atoms with Gasteiger partial charge in [0.25, 0.3) is 5.91 Å². The largest absolute Gasteiger partial charge is 0.383 e. The van der Waals surface area contributed by atoms with Crippen molar-refractivity contribution < 1.29 is 9.53 Å². The zero-order valence-electron chi connectivity index (χ0n) is 24.4. The minimum absolute atomic E-state index is 0.0513. The molecule has 2 atom stereocenters. The van der Waals surface area contributed by atoms with Crippen molar-refractivity contribution in [3.05, 3.63) is 84.3 Å². The number of nitrogen functional groups attached to an aromatic ring is 1. The predicted molar refractivity (Wildman–Crippen MR) is 166 cm³/mol. The van der Waals surface area contributed by atoms with Gasteiger partial charge in [0.05, 0.1) is 30.5 Å². The third-order valence-electron chi connectivity index (χ3n) is 8.44. The molecule has 2 aliphatic rings. The zero-order chi connectivity index (χ0) is 29.1. The molecule has 0 unspecified atom stereocenters. The number of nitrogens with two attached hydrogens (primary N) is 1. The van der Waals surface area contributed by atoms with E-state index in [-0.39, 0.29) is 23.9 Å². The maximum absolute atomic E-state index is 13.2. The molecule has 2 fully saturated rings. The fraction of sp³-hybridized carbons (Fsp3) is 0.364. The van der Waals surface area contributed by atoms with Crippen LogP contribution in [0, 0.1) is 0 Å². The lowest BCUT2D eigenvalue weighted by atomic mass is 10.0. The Morgan fingerprint density at radius 1 is 0.952 bits per heavy atom. The summed E-state index contributed by atoms with van der Waals surface area (Å²) in [6.07, 6.45) is 8.02. The first-order valence-corrected chi connectivity index (χ1v) is 14.7. The Kier molecular flexibility index (Phi) is 8.21. The Hall–Kier alpha value is -4.21. The molecule has 218 valence electrons. The Bertz CT molecular complexity index is 1530. The zero-order valence-corrected chi connectivity index (χ0v) is 24.4. The van der Waals surface area contributed by atoms with Gasteiger partial charge in [-0.25, -0.2) is 4.98 Å². The summed E-state index contributed by atoms with van der Waals surface area (Å²) in [7, 11) is 4.03. The number of aryl methyl sites for hydroxylation is 1. The third-order valence-corrected chi connectivity index (χ3v) is 8.44. The standard InChI is InChI=1S/C33H39N7O2/c1-38-13-15-40(16-14-38)28-6-3-5-25(17-28)24-11-9-23(10-12-24)22-42-31-8-4-7-30(31)37-33(41)29-18-26(19-35-32(29)34)27-20-36-39(2)21-27/h3,5-6,9-12,17-21,30-31H,4,7-8,13-16,22H2,1-2H3,(H2,34,35)(H,37,41)/t30-,31-/m0/s1. The van der Waals surface area contributed by atoms with E-state index in [4.69, 9.17) is 10.5 Å². The minimum Gasteiger partial charge on any atom is -0.383 e. The summed E-state index contributed by atoms with van der Waals surface area (Å²) in [5.41, 5.74) is 13.0. The second-order valence-corrected chi connectivity index (χ2v) is 11.5. The van der Waals surface area contributed by atoms with Crippen LogP contribution in [0.5, 0.6) is 0 Å². The first kappa shape index (κ1) is 27.9. The van der Waals surface area contributed by atoms with Crippen molar-refractivity contribution >= 4 is 17.4 Å². The topological polar surface area (TPSA) is 102 Å². The van der Waals surface area contributed by atoms with Gasteiger partial charge in [0.2, 0.25) is 0 Å². The number of amides is 1. The molecule has 2 aromatic carbocycles. The van der Waals surface area contributed by atoms with Gasteiger partial charge in [-0.05, 0) is 61.2 Å². The molecule has 9 nitrogen and oxygen atoms in total. The average Bonchev–Trinajstić information content (AvgIpc) is 3.65. The summed E-state index contributed by atoms with van der Waals surface area (Å²) in [6.45, 7) is 4.80. The molecule has 1 aliphatic heterocycles. The molecule has 3 heterocycles. The van der Waals surface area contributed by atoms with Crippen LogP contribution in [0.25, 0.3) is 22.3 Å². The molecular formula is C33H39N7O2. The van der Waals surface area contributed by atoms with Crippen molar-refractivity contribution in [2.45, 2.75) is 38.0 Å². The number of hydrogen-bond acceptors (Lipinski definition) is 7. The van der Waals surface area contributed by atoms with E-state index >= 15 is 0 Å². The van der Waals surface area contributed by atoms with Crippen molar-refractivity contribution in [2.24, 2.45) is 7.05 Å². The van der Waals surface area contributed by atoms with E-state index in [0.717, 1.165) is 62.1 Å². The van der Waals surface area contributed by atoms with Crippen molar-refractivity contribution in [1.82, 2.24) is 25.0 Å². The number of piperazine rings is 1. The molecule has 1 aliphatic carbocycles. The Labute approximate surface area is 247 Å². The number of rotatable bonds is 8. The molecule has 4 aromatic rings. The maximum atomic E-state index is 13.2. The quantitative estimate of drug-likeness (QED) is 0.328. The summed E-state index contributed by atoms with van der Waals surface area (Å²) in [5.74, 6) is -0.0147. The summed E-state index contributed by atoms with van der Waals surface area (Å²) in [5, 5.41) is 7.37. The fourth-order valence-corrected chi connectivity index (χ4v) is 5.87. The van der Waals surface area contributed by atoms with Crippen LogP contribution in [0.15, 0.2) is 73.2 Å². The highest BCUT2D eigenvalue weighted by molar-refractivity contribution is 5.99. The molecule has 0 bridgehead atoms. The van der Waals surface area contributed by atoms with E-state index < -0.39 is 0 Å². The van der Waals surface area contributed by atoms with Gasteiger partial charge in [-0.15, -0.1) is 0 Å². The molecule has 1 amide bonds. The highest BCUT2D eigenvalue weighted by atomic mass is 16.5. The van der Waals surface area contributed by atoms with Crippen molar-refractivity contribution in [1.29, 1.82) is 0 Å². The lowest BCUT2D eigenvalue weighted by Gasteiger charge is -2.34. The minimum atomic E-state index is -0.227. The number of nitrogens with one attached hydrogen (secondary N) is 1. The van der Waals surface area contributed by atoms with Crippen molar-refractivity contribution in [3.8, 4) is 22.3 Å². The molecule has 0 radical (unpaired) electrons. The first-order valence-electron chi connectivity index (χ1n) is 14.7. The summed E-state index contributed by atoms with van der Waals surface area (Å²) in [6, 6.07) is 19.1. The van der Waals surface area contributed by atoms with Crippen LogP contribution in [0.2, 0.25) is 0 Å². The smallest absolute Gasteiger partial charge is 0.255 e. The van der Waals surface area contributed by atoms with Crippen LogP contribution in [0.3, 0.4) is 0 Å². The number of anilines is 2. The number of ether oxygens (including phenoxy) is 1. The highest BCUT2D eigenvalue weighted by Crippen LogP contribution is 2.28. The summed E-state index contributed by atoms with van der Waals surface area (Å²) < 4.78 is 8.05. The Morgan fingerprint density at radius 3 is 2.52 bits per heavy atom. The molecule has 9 heteroatoms. The monoisotopic (exact) mass is 565 g/mol. The summed E-state index contributed by atoms with van der Waals surface area (Å²) in [4.78, 5) is 22.3. The highest BCUT2D eigenvalue weighted by Gasteiger charge is 2.30. The number of pyridine rings is 1. The molecule has 1 saturated carbocycles. The van der Waals surface area contributed by atoms with Crippen LogP contribution in [0.4, 0.5) is 11.5 Å². The molecular weight excluding hydrogens is 526 g/mol. The third kappa shape index (κ3) is 6.32. The molecule has 1 saturated heterocycles. The normalized spacial score (nSPS) is 19.2. The van der Waals surface area contributed by atoms with E-state index in [1.54, 1.807) is 23.1 Å². The van der Waals surface area contributed by atoms with Crippen LogP contribution < -0.4 is 16.0 Å². The molecule has 3 N–H and O–H groups in total. The fourth-order valence-electron chi connectivity index (χ4n) is 5.87. The molecule has 2 aromatic heterocycles. The van der Waals surface area contributed by atoms with Gasteiger partial charge in [0.1, 0.15) is 5.82 Å². The van der Waals surface area contributed by atoms with Crippen LogP contribution in [0.1, 0.15) is 35.2 Å². The van der Waals surface area contributed by atoms with Gasteiger partial charge in [-0.3, -0.25) is 9.48 Å². The van der Waals surface area contributed by atoms with Crippen molar-refractivity contribution in [3.63, 3.8) is 0 Å². The Balaban J connectivity index is 1.06. The lowest BCUT2D eigenvalue weighted by Crippen LogP contribution is -2.44. The number of hydrogen-bond donors (Lipinski definition) is 2. The maximum Gasteiger partial charge on any atom is 0.255 e. The number of carbonyl (C=O) groups is 1. The van der Waals surface area contributed by atoms with E-state index in [0.29, 0.717) is 12.2 Å². The van der Waals surface area contributed by atoms with E-state index in [1.165, 1.54) is 16.8 Å². The van der Waals surface area contributed by atoms with Crippen molar-refractivity contribution in [2.75, 3.05) is 43.9 Å². The number of likely N-dealkylation sites (N-methyl/N-ethyl adjacent to an activating group) is 1. The molecule has 42 heavy (non-hydrogen) atoms. The van der Waals surface area contributed by atoms with Crippen LogP contribution in [-0.4, -0.2) is 70.9 Å². The number of carbonyl (C=O) groups excluding carboxylic acids is 1. The van der Waals surface area contributed by atoms with Gasteiger partial charge >= 0.3 is 0 Å². The van der Waals surface area contributed by atoms with E-state index in [1.807, 2.05) is 13.2 Å². The van der Waals surface area contributed by atoms with Crippen LogP contribution in [-0.2, 0) is 18.4 Å². The Morgan fingerprint density at radius 2 is 1.76 bits per heavy atom. The van der Waals surface area contributed by atoms with E-state index in [2.05, 4.69) is 80.8 Å². The summed E-state index contributed by atoms with van der Waals surface area (Å²) >= 11 is 0. The second-order valence-electron chi connectivity index (χ2n) is 11.5. The predicted octanol–water partition coefficient (Wildman–Crippen LogP) is 4.35. The van der Waals surface area contributed by atoms with Gasteiger partial charge in [0, 0.05) is 62.4 Å². The molecule has 0 spiro atoms. The van der Waals surface area contributed by atoms with Gasteiger partial charge in [-0.2, -0.15) is 5.10 Å². The first-order chi connectivity index (χ1) is 20.4. The number of aromatic nitrogens is 3. The van der Waals surface area contributed by atoms with E-state index in [9.17, 15) is 4.79 Å². The number of benzene rings is 2. The number of nitrogens with zero attached hydrogens (tertiary/aromatic N) is 5. The second kappa shape index (κ2) is 12.3. The van der Waals surface area contributed by atoms with Crippen LogP contribution >= 0.6 is 0 Å².